The van der Waals surface area contributed by atoms with Crippen LogP contribution in [-0.2, 0) is 12.8 Å². The standard InChI is InChI=1S/C22H17ClN4O.C16H12ClN3O.C6H6ClN.CH4/c23-14-4-2-5-15(11-14)25-20-8-7-13-3-1-6-16(21(13)27-20)19-12-17-18(26-19)9-10-24-22(17)28;17-14-5-4-9-2-1-3-10(15(9)20-14)13-8-11-12(19-13)6-7-18-16(11)21;7-5-2-1-3-6(8)4-5;/h1-8,11-12,26H,9-10H2,(H,24,28)(H,25,27);1-5,8,19H,6-7H2,(H,18,21);1-4H,8H2;1H4. The van der Waals surface area contributed by atoms with Crippen LogP contribution in [0.2, 0.25) is 15.2 Å². The van der Waals surface area contributed by atoms with Crippen molar-refractivity contribution in [2.75, 3.05) is 24.1 Å². The summed E-state index contributed by atoms with van der Waals surface area (Å²) in [5.74, 6) is 0.682. The molecule has 0 saturated carbocycles. The van der Waals surface area contributed by atoms with Gasteiger partial charge in [0.25, 0.3) is 11.8 Å². The summed E-state index contributed by atoms with van der Waals surface area (Å²) in [6, 6.07) is 38.2. The number of aromatic nitrogens is 4. The van der Waals surface area contributed by atoms with E-state index in [2.05, 4.69) is 30.9 Å². The number of halogens is 3. The molecule has 13 heteroatoms. The predicted molar refractivity (Wildman–Crippen MR) is 237 cm³/mol. The average Bonchev–Trinajstić information content (AvgIpc) is 3.85. The van der Waals surface area contributed by atoms with Crippen LogP contribution in [0.15, 0.2) is 121 Å². The summed E-state index contributed by atoms with van der Waals surface area (Å²) in [6.45, 7) is 1.33. The molecule has 10 rings (SSSR count). The maximum Gasteiger partial charge on any atom is 0.253 e. The van der Waals surface area contributed by atoms with E-state index in [-0.39, 0.29) is 19.2 Å². The van der Waals surface area contributed by atoms with E-state index in [1.807, 2.05) is 97.1 Å². The molecule has 0 radical (unpaired) electrons. The molecule has 6 heterocycles. The highest BCUT2D eigenvalue weighted by molar-refractivity contribution is 6.31. The van der Waals surface area contributed by atoms with Crippen molar-refractivity contribution < 1.29 is 9.59 Å². The molecule has 4 aromatic carbocycles. The van der Waals surface area contributed by atoms with E-state index in [0.29, 0.717) is 39.5 Å². The van der Waals surface area contributed by atoms with Crippen LogP contribution in [-0.4, -0.2) is 44.8 Å². The fraction of sp³-hybridized carbons (Fsp3) is 0.111. The number of hydrogen-bond acceptors (Lipinski definition) is 6. The number of anilines is 3. The van der Waals surface area contributed by atoms with Gasteiger partial charge in [0, 0.05) is 92.0 Å². The fourth-order valence-electron chi connectivity index (χ4n) is 6.87. The average molecular weight is 830 g/mol. The molecule has 0 saturated heterocycles. The van der Waals surface area contributed by atoms with Gasteiger partial charge in [-0.25, -0.2) is 9.97 Å². The van der Waals surface area contributed by atoms with Gasteiger partial charge in [0.2, 0.25) is 0 Å². The molecule has 0 unspecified atom stereocenters. The van der Waals surface area contributed by atoms with Gasteiger partial charge in [-0.1, -0.05) is 90.8 Å². The first-order valence-corrected chi connectivity index (χ1v) is 19.3. The molecule has 4 aromatic heterocycles. The van der Waals surface area contributed by atoms with Crippen molar-refractivity contribution in [3.8, 4) is 22.5 Å². The van der Waals surface area contributed by atoms with Gasteiger partial charge < -0.3 is 31.7 Å². The lowest BCUT2D eigenvalue weighted by atomic mass is 10.1. The van der Waals surface area contributed by atoms with Crippen molar-refractivity contribution >= 4 is 85.6 Å². The SMILES string of the molecule is C.Nc1cccc(Cl)c1.O=C1NCCc2[nH]c(-c3cccc4ccc(Cl)nc34)cc21.O=C1NCCc2[nH]c(-c3cccc4ccc(Nc5cccc(Cl)c5)nc34)cc21. The summed E-state index contributed by atoms with van der Waals surface area (Å²) in [5, 5.41) is 12.9. The molecule has 0 bridgehead atoms. The maximum absolute atomic E-state index is 12.1. The van der Waals surface area contributed by atoms with Crippen LogP contribution in [0.25, 0.3) is 44.3 Å². The molecule has 7 N–H and O–H groups in total. The molecule has 2 aliphatic rings. The van der Waals surface area contributed by atoms with E-state index in [4.69, 9.17) is 45.5 Å². The summed E-state index contributed by atoms with van der Waals surface area (Å²) < 4.78 is 0. The molecule has 10 nitrogen and oxygen atoms in total. The summed E-state index contributed by atoms with van der Waals surface area (Å²) in [7, 11) is 0. The van der Waals surface area contributed by atoms with Crippen LogP contribution in [0.5, 0.6) is 0 Å². The maximum atomic E-state index is 12.1. The first-order chi connectivity index (χ1) is 27.7. The Kier molecular flexibility index (Phi) is 12.0. The third-order valence-corrected chi connectivity index (χ3v) is 10.2. The number of nitrogen functional groups attached to an aromatic ring is 1. The molecule has 0 atom stereocenters. The van der Waals surface area contributed by atoms with Crippen LogP contribution >= 0.6 is 34.8 Å². The Hall–Kier alpha value is -6.33. The van der Waals surface area contributed by atoms with E-state index >= 15 is 0 Å². The lowest BCUT2D eigenvalue weighted by Gasteiger charge is -2.11. The zero-order chi connectivity index (χ0) is 39.5. The third kappa shape index (κ3) is 8.79. The van der Waals surface area contributed by atoms with Gasteiger partial charge in [-0.05, 0) is 72.8 Å². The molecule has 8 aromatic rings. The molecule has 58 heavy (non-hydrogen) atoms. The molecular weight excluding hydrogens is 791 g/mol. The normalized spacial score (nSPS) is 12.7. The van der Waals surface area contributed by atoms with Gasteiger partial charge in [0.15, 0.2) is 0 Å². The van der Waals surface area contributed by atoms with Crippen LogP contribution in [0.3, 0.4) is 0 Å². The molecule has 0 spiro atoms. The smallest absolute Gasteiger partial charge is 0.253 e. The monoisotopic (exact) mass is 828 g/mol. The van der Waals surface area contributed by atoms with Gasteiger partial charge in [0.05, 0.1) is 22.2 Å². The number of aromatic amines is 2. The number of H-pyrrole nitrogens is 2. The highest BCUT2D eigenvalue weighted by Crippen LogP contribution is 2.32. The summed E-state index contributed by atoms with van der Waals surface area (Å²) >= 11 is 17.7. The highest BCUT2D eigenvalue weighted by Gasteiger charge is 2.22. The molecule has 2 aliphatic heterocycles. The quantitative estimate of drug-likeness (QED) is 0.0767. The van der Waals surface area contributed by atoms with Crippen LogP contribution < -0.4 is 21.7 Å². The number of fused-ring (bicyclic) bond motifs is 4. The van der Waals surface area contributed by atoms with Gasteiger partial charge in [0.1, 0.15) is 11.0 Å². The van der Waals surface area contributed by atoms with Crippen molar-refractivity contribution in [1.29, 1.82) is 0 Å². The number of amides is 2. The molecule has 2 amide bonds. The summed E-state index contributed by atoms with van der Waals surface area (Å²) in [5.41, 5.74) is 15.8. The number of pyridine rings is 2. The number of carbonyl (C=O) groups is 2. The van der Waals surface area contributed by atoms with E-state index in [0.717, 1.165) is 85.6 Å². The van der Waals surface area contributed by atoms with E-state index in [1.165, 1.54) is 0 Å². The van der Waals surface area contributed by atoms with Crippen LogP contribution in [0.4, 0.5) is 17.2 Å². The topological polar surface area (TPSA) is 154 Å². The Bertz CT molecular complexity index is 2780. The number of benzene rings is 4. The van der Waals surface area contributed by atoms with Gasteiger partial charge in [-0.15, -0.1) is 0 Å². The van der Waals surface area contributed by atoms with Crippen LogP contribution in [0, 0.1) is 0 Å². The molecule has 0 fully saturated rings. The van der Waals surface area contributed by atoms with E-state index in [9.17, 15) is 9.59 Å². The lowest BCUT2D eigenvalue weighted by molar-refractivity contribution is 0.0937. The van der Waals surface area contributed by atoms with E-state index < -0.39 is 0 Å². The van der Waals surface area contributed by atoms with Crippen molar-refractivity contribution in [1.82, 2.24) is 30.6 Å². The number of rotatable bonds is 4. The minimum Gasteiger partial charge on any atom is -0.399 e. The molecule has 0 aliphatic carbocycles. The first-order valence-electron chi connectivity index (χ1n) is 18.2. The Morgan fingerprint density at radius 1 is 0.569 bits per heavy atom. The largest absolute Gasteiger partial charge is 0.399 e. The van der Waals surface area contributed by atoms with E-state index in [1.54, 1.807) is 24.3 Å². The molecular formula is C45H39Cl3N8O2. The summed E-state index contributed by atoms with van der Waals surface area (Å²) in [6.07, 6.45) is 1.63. The van der Waals surface area contributed by atoms with Crippen molar-refractivity contribution in [2.24, 2.45) is 0 Å². The fourth-order valence-corrected chi connectivity index (χ4v) is 7.41. The number of nitrogens with two attached hydrogens (primary N) is 1. The second-order valence-electron chi connectivity index (χ2n) is 13.4. The first kappa shape index (κ1) is 39.9. The number of nitrogens with one attached hydrogen (secondary N) is 5. The Labute approximate surface area is 350 Å². The van der Waals surface area contributed by atoms with Crippen molar-refractivity contribution in [2.45, 2.75) is 20.3 Å². The summed E-state index contributed by atoms with van der Waals surface area (Å²) in [4.78, 5) is 40.0. The predicted octanol–water partition coefficient (Wildman–Crippen LogP) is 10.6. The number of carbonyl (C=O) groups excluding carboxylic acids is 2. The Balaban J connectivity index is 0.000000150. The second-order valence-corrected chi connectivity index (χ2v) is 14.7. The molecule has 292 valence electrons. The minimum absolute atomic E-state index is 0. The van der Waals surface area contributed by atoms with Crippen molar-refractivity contribution in [3.05, 3.63) is 159 Å². The Morgan fingerprint density at radius 2 is 1.10 bits per heavy atom. The Morgan fingerprint density at radius 3 is 1.64 bits per heavy atom. The van der Waals surface area contributed by atoms with Crippen molar-refractivity contribution in [3.63, 3.8) is 0 Å². The number of nitrogens with zero attached hydrogens (tertiary/aromatic N) is 2. The zero-order valence-corrected chi connectivity index (χ0v) is 32.6. The van der Waals surface area contributed by atoms with Gasteiger partial charge >= 0.3 is 0 Å². The van der Waals surface area contributed by atoms with Crippen LogP contribution in [0.1, 0.15) is 39.5 Å². The highest BCUT2D eigenvalue weighted by atomic mass is 35.5. The van der Waals surface area contributed by atoms with Gasteiger partial charge in [-0.2, -0.15) is 0 Å². The minimum atomic E-state index is -0.0275. The van der Waals surface area contributed by atoms with Gasteiger partial charge in [-0.3, -0.25) is 9.59 Å². The number of hydrogen-bond donors (Lipinski definition) is 6. The lowest BCUT2D eigenvalue weighted by Crippen LogP contribution is -2.31. The third-order valence-electron chi connectivity index (χ3n) is 9.54. The second kappa shape index (κ2) is 17.4. The number of para-hydroxylation sites is 2. The zero-order valence-electron chi connectivity index (χ0n) is 30.3.